The van der Waals surface area contributed by atoms with Crippen LogP contribution in [0.2, 0.25) is 0 Å². The third kappa shape index (κ3) is 4.16. The van der Waals surface area contributed by atoms with Crippen LogP contribution in [0.4, 0.5) is 4.79 Å². The molecule has 1 rings (SSSR count). The van der Waals surface area contributed by atoms with Gasteiger partial charge in [-0.3, -0.25) is 0 Å². The molecular weight excluding hydrogens is 276 g/mol. The summed E-state index contributed by atoms with van der Waals surface area (Å²) in [5, 5.41) is 2.69. The Morgan fingerprint density at radius 2 is 1.76 bits per heavy atom. The third-order valence-electron chi connectivity index (χ3n) is 2.89. The van der Waals surface area contributed by atoms with Crippen molar-refractivity contribution in [1.29, 1.82) is 0 Å². The standard InChI is InChI=1S/C14H22N2O5/c1-5-21-14(17)16-10(8-15)9-6-11(18-2)13(20-4)12(7-9)19-3/h6-7,10H,5,8,15H2,1-4H3,(H,16,17). The van der Waals surface area contributed by atoms with Crippen LogP contribution in [0.15, 0.2) is 12.1 Å². The second-order valence-corrected chi connectivity index (χ2v) is 4.11. The minimum atomic E-state index is -0.526. The van der Waals surface area contributed by atoms with Gasteiger partial charge in [-0.05, 0) is 24.6 Å². The number of rotatable bonds is 7. The molecule has 1 amide bonds. The van der Waals surface area contributed by atoms with Gasteiger partial charge < -0.3 is 30.0 Å². The largest absolute Gasteiger partial charge is 0.493 e. The van der Waals surface area contributed by atoms with Gasteiger partial charge in [0.1, 0.15) is 0 Å². The number of carbonyl (C=O) groups excluding carboxylic acids is 1. The maximum atomic E-state index is 11.5. The molecule has 7 heteroatoms. The molecule has 0 aromatic heterocycles. The van der Waals surface area contributed by atoms with Crippen molar-refractivity contribution in [3.63, 3.8) is 0 Å². The summed E-state index contributed by atoms with van der Waals surface area (Å²) in [6.45, 7) is 2.23. The Balaban J connectivity index is 3.12. The number of nitrogens with two attached hydrogens (primary N) is 1. The minimum absolute atomic E-state index is 0.206. The van der Waals surface area contributed by atoms with Crippen molar-refractivity contribution in [2.24, 2.45) is 5.73 Å². The van der Waals surface area contributed by atoms with Crippen LogP contribution in [-0.2, 0) is 4.74 Å². The molecule has 7 nitrogen and oxygen atoms in total. The van der Waals surface area contributed by atoms with Gasteiger partial charge in [-0.25, -0.2) is 4.79 Å². The summed E-state index contributed by atoms with van der Waals surface area (Å²) in [5.74, 6) is 1.47. The van der Waals surface area contributed by atoms with Crippen molar-refractivity contribution in [2.45, 2.75) is 13.0 Å². The SMILES string of the molecule is CCOC(=O)NC(CN)c1cc(OC)c(OC)c(OC)c1. The Bertz CT molecular complexity index is 453. The maximum Gasteiger partial charge on any atom is 0.407 e. The van der Waals surface area contributed by atoms with Crippen LogP contribution in [0.25, 0.3) is 0 Å². The molecule has 1 atom stereocenters. The van der Waals surface area contributed by atoms with Crippen LogP contribution in [0, 0.1) is 0 Å². The van der Waals surface area contributed by atoms with Crippen LogP contribution < -0.4 is 25.3 Å². The van der Waals surface area contributed by atoms with Gasteiger partial charge in [0.25, 0.3) is 0 Å². The summed E-state index contributed by atoms with van der Waals surface area (Å²) in [6.07, 6.45) is -0.526. The number of amides is 1. The summed E-state index contributed by atoms with van der Waals surface area (Å²) in [6, 6.07) is 3.06. The smallest absolute Gasteiger partial charge is 0.407 e. The molecule has 0 fully saturated rings. The number of alkyl carbamates (subject to hydrolysis) is 1. The highest BCUT2D eigenvalue weighted by Gasteiger charge is 2.19. The summed E-state index contributed by atoms with van der Waals surface area (Å²) in [5.41, 5.74) is 6.46. The van der Waals surface area contributed by atoms with Crippen molar-refractivity contribution >= 4 is 6.09 Å². The van der Waals surface area contributed by atoms with Gasteiger partial charge in [-0.1, -0.05) is 0 Å². The fraction of sp³-hybridized carbons (Fsp3) is 0.500. The predicted octanol–water partition coefficient (Wildman–Crippen LogP) is 1.46. The van der Waals surface area contributed by atoms with Gasteiger partial charge >= 0.3 is 6.09 Å². The lowest BCUT2D eigenvalue weighted by Gasteiger charge is -2.20. The molecule has 1 aromatic rings. The van der Waals surface area contributed by atoms with Crippen molar-refractivity contribution < 1.29 is 23.7 Å². The van der Waals surface area contributed by atoms with Crippen molar-refractivity contribution in [3.05, 3.63) is 17.7 Å². The van der Waals surface area contributed by atoms with E-state index in [0.29, 0.717) is 23.9 Å². The quantitative estimate of drug-likeness (QED) is 0.791. The molecule has 3 N–H and O–H groups in total. The number of methoxy groups -OCH3 is 3. The first-order valence-corrected chi connectivity index (χ1v) is 6.54. The van der Waals surface area contributed by atoms with Gasteiger partial charge in [0.05, 0.1) is 34.0 Å². The minimum Gasteiger partial charge on any atom is -0.493 e. The van der Waals surface area contributed by atoms with E-state index in [1.165, 1.54) is 21.3 Å². The monoisotopic (exact) mass is 298 g/mol. The average Bonchev–Trinajstić information content (AvgIpc) is 2.51. The van der Waals surface area contributed by atoms with E-state index in [0.717, 1.165) is 5.56 Å². The highest BCUT2D eigenvalue weighted by molar-refractivity contribution is 5.68. The number of benzene rings is 1. The van der Waals surface area contributed by atoms with E-state index in [2.05, 4.69) is 5.32 Å². The zero-order valence-electron chi connectivity index (χ0n) is 12.8. The second-order valence-electron chi connectivity index (χ2n) is 4.11. The van der Waals surface area contributed by atoms with Crippen molar-refractivity contribution in [1.82, 2.24) is 5.32 Å². The van der Waals surface area contributed by atoms with Gasteiger partial charge in [0.2, 0.25) is 5.75 Å². The fourth-order valence-electron chi connectivity index (χ4n) is 1.90. The van der Waals surface area contributed by atoms with E-state index < -0.39 is 12.1 Å². The van der Waals surface area contributed by atoms with E-state index >= 15 is 0 Å². The molecule has 0 aliphatic carbocycles. The number of nitrogens with one attached hydrogen (secondary N) is 1. The lowest BCUT2D eigenvalue weighted by molar-refractivity contribution is 0.148. The maximum absolute atomic E-state index is 11.5. The molecule has 118 valence electrons. The first kappa shape index (κ1) is 16.9. The topological polar surface area (TPSA) is 92.0 Å². The van der Waals surface area contributed by atoms with E-state index in [1.54, 1.807) is 19.1 Å². The molecule has 0 aliphatic heterocycles. The summed E-state index contributed by atoms with van der Waals surface area (Å²) < 4.78 is 20.7. The van der Waals surface area contributed by atoms with Crippen LogP contribution >= 0.6 is 0 Å². The van der Waals surface area contributed by atoms with Crippen LogP contribution in [-0.4, -0.2) is 40.6 Å². The van der Waals surface area contributed by atoms with Crippen LogP contribution in [0.1, 0.15) is 18.5 Å². The molecule has 0 saturated heterocycles. The van der Waals surface area contributed by atoms with E-state index in [1.807, 2.05) is 0 Å². The Hall–Kier alpha value is -2.15. The van der Waals surface area contributed by atoms with E-state index in [-0.39, 0.29) is 6.54 Å². The first-order chi connectivity index (χ1) is 10.1. The highest BCUT2D eigenvalue weighted by Crippen LogP contribution is 2.39. The molecule has 1 unspecified atom stereocenters. The van der Waals surface area contributed by atoms with Crippen LogP contribution in [0.5, 0.6) is 17.2 Å². The van der Waals surface area contributed by atoms with Gasteiger partial charge in [0, 0.05) is 6.54 Å². The number of hydrogen-bond acceptors (Lipinski definition) is 6. The third-order valence-corrected chi connectivity index (χ3v) is 2.89. The molecule has 1 aromatic carbocycles. The van der Waals surface area contributed by atoms with Gasteiger partial charge in [0.15, 0.2) is 11.5 Å². The normalized spacial score (nSPS) is 11.5. The summed E-state index contributed by atoms with van der Waals surface area (Å²) >= 11 is 0. The lowest BCUT2D eigenvalue weighted by atomic mass is 10.1. The molecule has 0 heterocycles. The zero-order valence-corrected chi connectivity index (χ0v) is 12.8. The molecule has 0 saturated carbocycles. The van der Waals surface area contributed by atoms with Gasteiger partial charge in [-0.15, -0.1) is 0 Å². The second kappa shape index (κ2) is 8.21. The zero-order chi connectivity index (χ0) is 15.8. The highest BCUT2D eigenvalue weighted by atomic mass is 16.5. The summed E-state index contributed by atoms with van der Waals surface area (Å²) in [7, 11) is 4.58. The summed E-state index contributed by atoms with van der Waals surface area (Å²) in [4.78, 5) is 11.5. The Kier molecular flexibility index (Phi) is 6.61. The Labute approximate surface area is 124 Å². The van der Waals surface area contributed by atoms with E-state index in [9.17, 15) is 4.79 Å². The predicted molar refractivity (Wildman–Crippen MR) is 78.1 cm³/mol. The molecule has 0 aliphatic rings. The Morgan fingerprint density at radius 3 is 2.14 bits per heavy atom. The van der Waals surface area contributed by atoms with Gasteiger partial charge in [-0.2, -0.15) is 0 Å². The van der Waals surface area contributed by atoms with Crippen molar-refractivity contribution in [3.8, 4) is 17.2 Å². The molecule has 21 heavy (non-hydrogen) atoms. The van der Waals surface area contributed by atoms with Crippen LogP contribution in [0.3, 0.4) is 0 Å². The van der Waals surface area contributed by atoms with E-state index in [4.69, 9.17) is 24.7 Å². The Morgan fingerprint density at radius 1 is 1.19 bits per heavy atom. The number of ether oxygens (including phenoxy) is 4. The lowest BCUT2D eigenvalue weighted by Crippen LogP contribution is -2.33. The molecule has 0 bridgehead atoms. The number of hydrogen-bond donors (Lipinski definition) is 2. The first-order valence-electron chi connectivity index (χ1n) is 6.54. The average molecular weight is 298 g/mol. The van der Waals surface area contributed by atoms with Crippen molar-refractivity contribution in [2.75, 3.05) is 34.5 Å². The number of carbonyl (C=O) groups is 1. The molecule has 0 radical (unpaired) electrons. The molecular formula is C14H22N2O5. The fourth-order valence-corrected chi connectivity index (χ4v) is 1.90. The molecule has 0 spiro atoms.